The van der Waals surface area contributed by atoms with Crippen LogP contribution in [-0.2, 0) is 10.0 Å². The highest BCUT2D eigenvalue weighted by Crippen LogP contribution is 2.17. The molecule has 0 unspecified atom stereocenters. The summed E-state index contributed by atoms with van der Waals surface area (Å²) in [4.78, 5) is 12.3. The molecule has 0 aliphatic rings. The Kier molecular flexibility index (Phi) is 4.66. The summed E-state index contributed by atoms with van der Waals surface area (Å²) in [5, 5.41) is 2.40. The van der Waals surface area contributed by atoms with Crippen LogP contribution in [0.25, 0.3) is 10.8 Å². The van der Waals surface area contributed by atoms with E-state index in [1.165, 1.54) is 24.3 Å². The Hall–Kier alpha value is -2.21. The van der Waals surface area contributed by atoms with Crippen molar-refractivity contribution >= 4 is 38.2 Å². The van der Waals surface area contributed by atoms with E-state index in [2.05, 4.69) is 4.72 Å². The van der Waals surface area contributed by atoms with Crippen LogP contribution in [0.15, 0.2) is 71.6 Å². The predicted octanol–water partition coefficient (Wildman–Crippen LogP) is 3.65. The highest BCUT2D eigenvalue weighted by molar-refractivity contribution is 7.89. The van der Waals surface area contributed by atoms with E-state index in [0.717, 1.165) is 10.8 Å². The zero-order valence-corrected chi connectivity index (χ0v) is 14.1. The van der Waals surface area contributed by atoms with Crippen molar-refractivity contribution in [3.8, 4) is 0 Å². The van der Waals surface area contributed by atoms with E-state index in [4.69, 9.17) is 11.6 Å². The van der Waals surface area contributed by atoms with Gasteiger partial charge in [0.25, 0.3) is 0 Å². The van der Waals surface area contributed by atoms with Gasteiger partial charge < -0.3 is 0 Å². The lowest BCUT2D eigenvalue weighted by molar-refractivity contribution is 0.0997. The fourth-order valence-corrected chi connectivity index (χ4v) is 3.43. The average Bonchev–Trinajstić information content (AvgIpc) is 2.59. The maximum atomic E-state index is 12.3. The van der Waals surface area contributed by atoms with Crippen LogP contribution < -0.4 is 4.72 Å². The fourth-order valence-electron chi connectivity index (χ4n) is 2.32. The summed E-state index contributed by atoms with van der Waals surface area (Å²) in [7, 11) is -3.75. The molecule has 0 fully saturated rings. The maximum absolute atomic E-state index is 12.3. The summed E-state index contributed by atoms with van der Waals surface area (Å²) < 4.78 is 26.7. The second-order valence-corrected chi connectivity index (χ2v) is 7.47. The van der Waals surface area contributed by atoms with E-state index in [1.807, 2.05) is 30.3 Å². The summed E-state index contributed by atoms with van der Waals surface area (Å²) in [6.45, 7) is -0.302. The Morgan fingerprint density at radius 2 is 1.58 bits per heavy atom. The average molecular weight is 360 g/mol. The van der Waals surface area contributed by atoms with Crippen molar-refractivity contribution in [1.82, 2.24) is 4.72 Å². The number of hydrogen-bond donors (Lipinski definition) is 1. The summed E-state index contributed by atoms with van der Waals surface area (Å²) in [6.07, 6.45) is 0. The van der Waals surface area contributed by atoms with Crippen molar-refractivity contribution in [1.29, 1.82) is 0 Å². The molecule has 0 aliphatic heterocycles. The van der Waals surface area contributed by atoms with E-state index in [0.29, 0.717) is 10.6 Å². The van der Waals surface area contributed by atoms with E-state index in [9.17, 15) is 13.2 Å². The number of rotatable bonds is 5. The van der Waals surface area contributed by atoms with Crippen LogP contribution in [0.3, 0.4) is 0 Å². The number of carbonyl (C=O) groups is 1. The molecule has 0 radical (unpaired) electrons. The first kappa shape index (κ1) is 16.6. The van der Waals surface area contributed by atoms with Crippen LogP contribution in [0.5, 0.6) is 0 Å². The Bertz CT molecular complexity index is 998. The minimum Gasteiger partial charge on any atom is -0.293 e. The summed E-state index contributed by atoms with van der Waals surface area (Å²) in [5.41, 5.74) is 0.465. The van der Waals surface area contributed by atoms with Gasteiger partial charge in [-0.15, -0.1) is 0 Å². The molecule has 0 spiro atoms. The molecule has 0 aliphatic carbocycles. The number of nitrogens with one attached hydrogen (secondary N) is 1. The molecule has 0 atom stereocenters. The van der Waals surface area contributed by atoms with Gasteiger partial charge in [0.2, 0.25) is 10.0 Å². The molecule has 0 amide bonds. The molecule has 0 heterocycles. The minimum atomic E-state index is -3.75. The fraction of sp³-hybridized carbons (Fsp3) is 0.0556. The van der Waals surface area contributed by atoms with Crippen LogP contribution >= 0.6 is 11.6 Å². The van der Waals surface area contributed by atoms with Crippen LogP contribution in [0.1, 0.15) is 10.4 Å². The Balaban J connectivity index is 1.75. The van der Waals surface area contributed by atoms with Gasteiger partial charge in [-0.05, 0) is 41.1 Å². The first-order valence-corrected chi connectivity index (χ1v) is 9.09. The van der Waals surface area contributed by atoms with Crippen LogP contribution in [0.2, 0.25) is 5.02 Å². The van der Waals surface area contributed by atoms with Crippen LogP contribution in [0.4, 0.5) is 0 Å². The molecule has 0 aromatic heterocycles. The molecule has 122 valence electrons. The van der Waals surface area contributed by atoms with Crippen molar-refractivity contribution in [2.75, 3.05) is 6.54 Å². The topological polar surface area (TPSA) is 63.2 Å². The number of benzene rings is 3. The Morgan fingerprint density at radius 3 is 2.29 bits per heavy atom. The van der Waals surface area contributed by atoms with Crippen LogP contribution in [-0.4, -0.2) is 20.7 Å². The summed E-state index contributed by atoms with van der Waals surface area (Å²) >= 11 is 5.75. The van der Waals surface area contributed by atoms with Gasteiger partial charge in [0.1, 0.15) is 0 Å². The van der Waals surface area contributed by atoms with Gasteiger partial charge >= 0.3 is 0 Å². The quantitative estimate of drug-likeness (QED) is 0.707. The Morgan fingerprint density at radius 1 is 0.917 bits per heavy atom. The number of ketones is 1. The third kappa shape index (κ3) is 3.64. The van der Waals surface area contributed by atoms with Gasteiger partial charge in [-0.2, -0.15) is 0 Å². The molecule has 3 aromatic carbocycles. The molecule has 3 rings (SSSR count). The monoisotopic (exact) mass is 359 g/mol. The van der Waals surface area contributed by atoms with E-state index in [1.54, 1.807) is 12.1 Å². The van der Waals surface area contributed by atoms with E-state index >= 15 is 0 Å². The van der Waals surface area contributed by atoms with Gasteiger partial charge in [-0.3, -0.25) is 4.79 Å². The van der Waals surface area contributed by atoms with Gasteiger partial charge in [-0.25, -0.2) is 13.1 Å². The molecule has 0 bridgehead atoms. The lowest BCUT2D eigenvalue weighted by Crippen LogP contribution is -2.29. The number of hydrogen-bond acceptors (Lipinski definition) is 3. The number of fused-ring (bicyclic) bond motifs is 1. The summed E-state index contributed by atoms with van der Waals surface area (Å²) in [5.74, 6) is -0.293. The number of carbonyl (C=O) groups excluding carboxylic acids is 1. The zero-order valence-electron chi connectivity index (χ0n) is 12.6. The van der Waals surface area contributed by atoms with Crippen LogP contribution in [0, 0.1) is 0 Å². The lowest BCUT2D eigenvalue weighted by atomic mass is 10.0. The maximum Gasteiger partial charge on any atom is 0.240 e. The van der Waals surface area contributed by atoms with Gasteiger partial charge in [0.05, 0.1) is 11.4 Å². The highest BCUT2D eigenvalue weighted by Gasteiger charge is 2.16. The zero-order chi connectivity index (χ0) is 17.2. The molecule has 1 N–H and O–H groups in total. The minimum absolute atomic E-state index is 0.0678. The second-order valence-electron chi connectivity index (χ2n) is 5.26. The normalized spacial score (nSPS) is 11.5. The van der Waals surface area contributed by atoms with Crippen molar-refractivity contribution in [3.63, 3.8) is 0 Å². The highest BCUT2D eigenvalue weighted by atomic mass is 35.5. The first-order chi connectivity index (χ1) is 11.5. The smallest absolute Gasteiger partial charge is 0.240 e. The van der Waals surface area contributed by atoms with Crippen molar-refractivity contribution < 1.29 is 13.2 Å². The molecular formula is C18H14ClNO3S. The summed E-state index contributed by atoms with van der Waals surface area (Å²) in [6, 6.07) is 18.7. The largest absolute Gasteiger partial charge is 0.293 e. The molecule has 4 nitrogen and oxygen atoms in total. The second kappa shape index (κ2) is 6.73. The van der Waals surface area contributed by atoms with Crippen molar-refractivity contribution in [2.24, 2.45) is 0 Å². The number of sulfonamides is 1. The van der Waals surface area contributed by atoms with Crippen molar-refractivity contribution in [3.05, 3.63) is 77.3 Å². The third-order valence-electron chi connectivity index (χ3n) is 3.62. The standard InChI is InChI=1S/C18H14ClNO3S/c19-16-7-9-17(10-8-16)24(22,23)20-12-18(21)15-6-5-13-3-1-2-4-14(13)11-15/h1-11,20H,12H2. The van der Waals surface area contributed by atoms with Gasteiger partial charge in [0.15, 0.2) is 5.78 Å². The molecule has 3 aromatic rings. The lowest BCUT2D eigenvalue weighted by Gasteiger charge is -2.07. The SMILES string of the molecule is O=C(CNS(=O)(=O)c1ccc(Cl)cc1)c1ccc2ccccc2c1. The van der Waals surface area contributed by atoms with E-state index < -0.39 is 10.0 Å². The molecule has 0 saturated heterocycles. The first-order valence-electron chi connectivity index (χ1n) is 7.23. The molecule has 0 saturated carbocycles. The van der Waals surface area contributed by atoms with Gasteiger partial charge in [-0.1, -0.05) is 48.0 Å². The van der Waals surface area contributed by atoms with Crippen molar-refractivity contribution in [2.45, 2.75) is 4.90 Å². The predicted molar refractivity (Wildman–Crippen MR) is 94.9 cm³/mol. The third-order valence-corrected chi connectivity index (χ3v) is 5.29. The Labute approximate surface area is 145 Å². The molecule has 6 heteroatoms. The molecular weight excluding hydrogens is 346 g/mol. The van der Waals surface area contributed by atoms with E-state index in [-0.39, 0.29) is 17.2 Å². The number of halogens is 1. The number of Topliss-reactive ketones (excluding diaryl/α,β-unsaturated/α-hetero) is 1. The van der Waals surface area contributed by atoms with Gasteiger partial charge in [0, 0.05) is 10.6 Å². The molecule has 24 heavy (non-hydrogen) atoms.